The van der Waals surface area contributed by atoms with Crippen molar-refractivity contribution in [1.82, 2.24) is 10.6 Å². The van der Waals surface area contributed by atoms with Crippen molar-refractivity contribution < 1.29 is 14.3 Å². The summed E-state index contributed by atoms with van der Waals surface area (Å²) >= 11 is 0. The predicted octanol–water partition coefficient (Wildman–Crippen LogP) is 2.10. The minimum atomic E-state index is -0.508. The van der Waals surface area contributed by atoms with E-state index in [-0.39, 0.29) is 18.7 Å². The van der Waals surface area contributed by atoms with E-state index in [1.807, 2.05) is 36.4 Å². The Morgan fingerprint density at radius 2 is 2.00 bits per heavy atom. The summed E-state index contributed by atoms with van der Waals surface area (Å²) in [4.78, 5) is 11.9. The number of aliphatic hydroxyl groups excluding tert-OH is 1. The number of carbonyl (C=O) groups excluding carboxylic acids is 1. The zero-order chi connectivity index (χ0) is 17.4. The highest BCUT2D eigenvalue weighted by molar-refractivity contribution is 5.74. The number of benzene rings is 2. The van der Waals surface area contributed by atoms with Crippen molar-refractivity contribution in [3.05, 3.63) is 71.0 Å². The van der Waals surface area contributed by atoms with Gasteiger partial charge in [0, 0.05) is 12.1 Å². The molecule has 2 aromatic carbocycles. The van der Waals surface area contributed by atoms with Crippen molar-refractivity contribution in [3.8, 4) is 6.07 Å². The Labute approximate surface area is 139 Å². The zero-order valence-corrected chi connectivity index (χ0v) is 13.0. The molecule has 0 aliphatic rings. The minimum absolute atomic E-state index is 0.0450. The van der Waals surface area contributed by atoms with Gasteiger partial charge in [0.1, 0.15) is 5.82 Å². The van der Waals surface area contributed by atoms with Crippen LogP contribution >= 0.6 is 0 Å². The van der Waals surface area contributed by atoms with Gasteiger partial charge in [-0.2, -0.15) is 5.26 Å². The predicted molar refractivity (Wildman–Crippen MR) is 87.5 cm³/mol. The lowest BCUT2D eigenvalue weighted by atomic mass is 10.1. The first-order valence-electron chi connectivity index (χ1n) is 7.50. The number of halogens is 1. The number of hydrogen-bond donors (Lipinski definition) is 3. The van der Waals surface area contributed by atoms with Crippen LogP contribution in [0.1, 0.15) is 16.7 Å². The van der Waals surface area contributed by atoms with E-state index < -0.39 is 17.9 Å². The number of rotatable bonds is 6. The fraction of sp³-hybridized carbons (Fsp3) is 0.222. The summed E-state index contributed by atoms with van der Waals surface area (Å²) in [7, 11) is 0. The van der Waals surface area contributed by atoms with Gasteiger partial charge in [0.05, 0.1) is 24.3 Å². The van der Waals surface area contributed by atoms with Crippen LogP contribution in [0, 0.1) is 17.1 Å². The highest BCUT2D eigenvalue weighted by Gasteiger charge is 2.12. The molecule has 0 aliphatic heterocycles. The molecule has 0 aliphatic carbocycles. The second-order valence-corrected chi connectivity index (χ2v) is 5.31. The first kappa shape index (κ1) is 17.4. The summed E-state index contributed by atoms with van der Waals surface area (Å²) in [6, 6.07) is 14.4. The summed E-state index contributed by atoms with van der Waals surface area (Å²) in [5.74, 6) is -0.489. The van der Waals surface area contributed by atoms with E-state index in [4.69, 9.17) is 5.26 Å². The Kier molecular flexibility index (Phi) is 6.29. The third-order valence-corrected chi connectivity index (χ3v) is 3.49. The van der Waals surface area contributed by atoms with Gasteiger partial charge in [-0.15, -0.1) is 0 Å². The van der Waals surface area contributed by atoms with Gasteiger partial charge >= 0.3 is 6.03 Å². The van der Waals surface area contributed by atoms with E-state index in [0.717, 1.165) is 5.56 Å². The van der Waals surface area contributed by atoms with Gasteiger partial charge in [0.25, 0.3) is 0 Å². The second-order valence-electron chi connectivity index (χ2n) is 5.31. The Morgan fingerprint density at radius 3 is 2.67 bits per heavy atom. The van der Waals surface area contributed by atoms with Crippen LogP contribution in [-0.4, -0.2) is 23.8 Å². The lowest BCUT2D eigenvalue weighted by Gasteiger charge is -2.17. The van der Waals surface area contributed by atoms with Crippen LogP contribution in [0.5, 0.6) is 0 Å². The van der Waals surface area contributed by atoms with Crippen LogP contribution in [0.3, 0.4) is 0 Å². The smallest absolute Gasteiger partial charge is 0.315 e. The normalized spacial score (nSPS) is 11.4. The van der Waals surface area contributed by atoms with E-state index in [1.54, 1.807) is 0 Å². The van der Waals surface area contributed by atoms with Crippen molar-refractivity contribution >= 4 is 6.03 Å². The molecule has 0 bridgehead atoms. The molecule has 0 saturated carbocycles. The molecule has 2 amide bonds. The zero-order valence-electron chi connectivity index (χ0n) is 13.0. The van der Waals surface area contributed by atoms with Crippen molar-refractivity contribution in [3.63, 3.8) is 0 Å². The second kappa shape index (κ2) is 8.65. The summed E-state index contributed by atoms with van der Waals surface area (Å²) in [5, 5.41) is 23.4. The Balaban J connectivity index is 1.89. The number of amides is 2. The Bertz CT molecular complexity index is 729. The number of carbonyl (C=O) groups is 1. The summed E-state index contributed by atoms with van der Waals surface area (Å²) < 4.78 is 13.7. The largest absolute Gasteiger partial charge is 0.394 e. The molecular formula is C18H18FN3O2. The monoisotopic (exact) mass is 327 g/mol. The number of aliphatic hydroxyl groups is 1. The first-order valence-corrected chi connectivity index (χ1v) is 7.50. The molecule has 2 aromatic rings. The first-order chi connectivity index (χ1) is 11.6. The molecule has 2 rings (SSSR count). The molecular weight excluding hydrogens is 309 g/mol. The van der Waals surface area contributed by atoms with E-state index in [1.165, 1.54) is 18.2 Å². The van der Waals surface area contributed by atoms with E-state index in [9.17, 15) is 14.3 Å². The lowest BCUT2D eigenvalue weighted by Crippen LogP contribution is -2.44. The molecule has 3 N–H and O–H groups in total. The van der Waals surface area contributed by atoms with Crippen LogP contribution in [-0.2, 0) is 13.0 Å². The molecule has 5 nitrogen and oxygen atoms in total. The van der Waals surface area contributed by atoms with Crippen LogP contribution in [0.15, 0.2) is 48.5 Å². The van der Waals surface area contributed by atoms with Gasteiger partial charge in [-0.05, 0) is 30.2 Å². The number of nitrogens with zero attached hydrogens (tertiary/aromatic N) is 1. The fourth-order valence-corrected chi connectivity index (χ4v) is 2.25. The minimum Gasteiger partial charge on any atom is -0.394 e. The molecule has 0 saturated heterocycles. The molecule has 24 heavy (non-hydrogen) atoms. The summed E-state index contributed by atoms with van der Waals surface area (Å²) in [6.45, 7) is -0.253. The van der Waals surface area contributed by atoms with Gasteiger partial charge in [-0.1, -0.05) is 30.3 Å². The molecule has 124 valence electrons. The van der Waals surface area contributed by atoms with Gasteiger partial charge in [-0.3, -0.25) is 0 Å². The Hall–Kier alpha value is -2.91. The van der Waals surface area contributed by atoms with Crippen molar-refractivity contribution in [2.75, 3.05) is 6.61 Å². The maximum atomic E-state index is 13.7. The number of urea groups is 1. The Morgan fingerprint density at radius 1 is 1.25 bits per heavy atom. The van der Waals surface area contributed by atoms with Crippen molar-refractivity contribution in [2.45, 2.75) is 19.0 Å². The van der Waals surface area contributed by atoms with Gasteiger partial charge in [0.2, 0.25) is 0 Å². The SMILES string of the molecule is N#Cc1ccc(F)c(CNC(=O)N[C@@H](CO)Cc2ccccc2)c1. The molecule has 0 unspecified atom stereocenters. The average molecular weight is 327 g/mol. The standard InChI is InChI=1S/C18H18FN3O2/c19-17-7-6-14(10-20)8-15(17)11-21-18(24)22-16(12-23)9-13-4-2-1-3-5-13/h1-8,16,23H,9,11-12H2,(H2,21,22,24)/t16-/m1/s1. The average Bonchev–Trinajstić information content (AvgIpc) is 2.61. The molecule has 1 atom stereocenters. The quantitative estimate of drug-likeness (QED) is 0.759. The van der Waals surface area contributed by atoms with Crippen LogP contribution in [0.4, 0.5) is 9.18 Å². The maximum Gasteiger partial charge on any atom is 0.315 e. The number of hydrogen-bond acceptors (Lipinski definition) is 3. The van der Waals surface area contributed by atoms with Crippen LogP contribution in [0.25, 0.3) is 0 Å². The maximum absolute atomic E-state index is 13.7. The van der Waals surface area contributed by atoms with Crippen LogP contribution in [0.2, 0.25) is 0 Å². The van der Waals surface area contributed by atoms with Gasteiger partial charge in [0.15, 0.2) is 0 Å². The third kappa shape index (κ3) is 5.07. The van der Waals surface area contributed by atoms with Gasteiger partial charge < -0.3 is 15.7 Å². The van der Waals surface area contributed by atoms with Crippen molar-refractivity contribution in [1.29, 1.82) is 5.26 Å². The van der Waals surface area contributed by atoms with E-state index in [0.29, 0.717) is 12.0 Å². The topological polar surface area (TPSA) is 85.2 Å². The molecule has 0 heterocycles. The highest BCUT2D eigenvalue weighted by atomic mass is 19.1. The van der Waals surface area contributed by atoms with E-state index in [2.05, 4.69) is 10.6 Å². The molecule has 0 aromatic heterocycles. The van der Waals surface area contributed by atoms with Crippen molar-refractivity contribution in [2.24, 2.45) is 0 Å². The van der Waals surface area contributed by atoms with E-state index >= 15 is 0 Å². The fourth-order valence-electron chi connectivity index (χ4n) is 2.25. The summed E-state index contributed by atoms with van der Waals surface area (Å²) in [6.07, 6.45) is 0.489. The lowest BCUT2D eigenvalue weighted by molar-refractivity contribution is 0.215. The number of nitriles is 1. The molecule has 0 spiro atoms. The highest BCUT2D eigenvalue weighted by Crippen LogP contribution is 2.10. The third-order valence-electron chi connectivity index (χ3n) is 3.49. The molecule has 6 heteroatoms. The summed E-state index contributed by atoms with van der Waals surface area (Å²) in [5.41, 5.74) is 1.54. The molecule has 0 fully saturated rings. The molecule has 0 radical (unpaired) electrons. The van der Waals surface area contributed by atoms with Crippen LogP contribution < -0.4 is 10.6 Å². The van der Waals surface area contributed by atoms with Gasteiger partial charge in [-0.25, -0.2) is 9.18 Å². The number of nitrogens with one attached hydrogen (secondary N) is 2.